The summed E-state index contributed by atoms with van der Waals surface area (Å²) in [6.45, 7) is -1.54. The number of nitrogens with one attached hydrogen (secondary N) is 2. The minimum absolute atomic E-state index is 0.208. The van der Waals surface area contributed by atoms with Gasteiger partial charge < -0.3 is 10.6 Å². The van der Waals surface area contributed by atoms with Crippen molar-refractivity contribution >= 4 is 29.3 Å². The van der Waals surface area contributed by atoms with Crippen LogP contribution in [0.3, 0.4) is 0 Å². The molecule has 1 aliphatic heterocycles. The third kappa shape index (κ3) is 5.09. The van der Waals surface area contributed by atoms with E-state index in [2.05, 4.69) is 10.6 Å². The summed E-state index contributed by atoms with van der Waals surface area (Å²) in [5, 5.41) is 5.40. The smallest absolute Gasteiger partial charge is 0.348 e. The molecule has 2 rings (SSSR count). The molecule has 1 aliphatic rings. The second kappa shape index (κ2) is 6.89. The zero-order chi connectivity index (χ0) is 15.5. The highest BCUT2D eigenvalue weighted by Gasteiger charge is 2.27. The monoisotopic (exact) mass is 338 g/mol. The highest BCUT2D eigenvalue weighted by Crippen LogP contribution is 2.37. The number of fused-ring (bicyclic) bond motifs is 1. The Morgan fingerprint density at radius 1 is 1.43 bits per heavy atom. The van der Waals surface area contributed by atoms with E-state index in [-0.39, 0.29) is 12.6 Å². The van der Waals surface area contributed by atoms with Crippen LogP contribution >= 0.6 is 23.4 Å². The van der Waals surface area contributed by atoms with E-state index >= 15 is 0 Å². The maximum atomic E-state index is 12.0. The average molecular weight is 339 g/mol. The predicted octanol–water partition coefficient (Wildman–Crippen LogP) is 3.15. The molecular weight excluding hydrogens is 325 g/mol. The van der Waals surface area contributed by atoms with E-state index in [0.29, 0.717) is 5.02 Å². The molecule has 1 atom stereocenters. The standard InChI is InChI=1S/C13H14ClF3N2OS/c14-8-1-2-11-9(5-8)10(3-4-21-11)19-12(20)6-18-7-13(15,16)17/h1-2,5,10,18H,3-4,6-7H2,(H,19,20). The van der Waals surface area contributed by atoms with Crippen LogP contribution in [0.1, 0.15) is 18.0 Å². The van der Waals surface area contributed by atoms with Crippen molar-refractivity contribution in [3.8, 4) is 0 Å². The van der Waals surface area contributed by atoms with Crippen LogP contribution in [0.4, 0.5) is 13.2 Å². The number of thioether (sulfide) groups is 1. The van der Waals surface area contributed by atoms with E-state index in [0.717, 1.165) is 22.6 Å². The molecule has 0 saturated carbocycles. The molecule has 0 radical (unpaired) electrons. The molecule has 1 aromatic rings. The Labute approximate surface area is 129 Å². The van der Waals surface area contributed by atoms with Gasteiger partial charge in [-0.2, -0.15) is 13.2 Å². The number of hydrogen-bond acceptors (Lipinski definition) is 3. The largest absolute Gasteiger partial charge is 0.401 e. The van der Waals surface area contributed by atoms with E-state index in [1.54, 1.807) is 23.9 Å². The fourth-order valence-electron chi connectivity index (χ4n) is 2.08. The summed E-state index contributed by atoms with van der Waals surface area (Å²) in [7, 11) is 0. The van der Waals surface area contributed by atoms with Crippen LogP contribution in [0, 0.1) is 0 Å². The van der Waals surface area contributed by atoms with Gasteiger partial charge in [0.25, 0.3) is 0 Å². The maximum absolute atomic E-state index is 12.0. The van der Waals surface area contributed by atoms with Gasteiger partial charge in [0, 0.05) is 15.7 Å². The van der Waals surface area contributed by atoms with Crippen molar-refractivity contribution in [3.05, 3.63) is 28.8 Å². The van der Waals surface area contributed by atoms with Crippen LogP contribution < -0.4 is 10.6 Å². The van der Waals surface area contributed by atoms with Crippen molar-refractivity contribution in [1.29, 1.82) is 0 Å². The molecule has 116 valence electrons. The van der Waals surface area contributed by atoms with Gasteiger partial charge in [0.15, 0.2) is 0 Å². The number of hydrogen-bond donors (Lipinski definition) is 2. The Bertz CT molecular complexity index is 525. The van der Waals surface area contributed by atoms with E-state index in [1.807, 2.05) is 6.07 Å². The van der Waals surface area contributed by atoms with E-state index < -0.39 is 18.6 Å². The zero-order valence-electron chi connectivity index (χ0n) is 11.0. The second-order valence-corrected chi connectivity index (χ2v) is 6.23. The van der Waals surface area contributed by atoms with Crippen molar-refractivity contribution in [2.75, 3.05) is 18.8 Å². The Hall–Kier alpha value is -0.920. The summed E-state index contributed by atoms with van der Waals surface area (Å²) < 4.78 is 36.0. The summed E-state index contributed by atoms with van der Waals surface area (Å²) in [6.07, 6.45) is -3.59. The number of rotatable bonds is 4. The first kappa shape index (κ1) is 16.5. The van der Waals surface area contributed by atoms with E-state index in [4.69, 9.17) is 11.6 Å². The number of carbonyl (C=O) groups is 1. The Kier molecular flexibility index (Phi) is 5.40. The first-order valence-corrected chi connectivity index (χ1v) is 7.70. The van der Waals surface area contributed by atoms with Gasteiger partial charge in [-0.15, -0.1) is 11.8 Å². The fraction of sp³-hybridized carbons (Fsp3) is 0.462. The number of halogens is 4. The van der Waals surface area contributed by atoms with Crippen LogP contribution in [0.25, 0.3) is 0 Å². The van der Waals surface area contributed by atoms with Gasteiger partial charge in [-0.05, 0) is 30.2 Å². The Morgan fingerprint density at radius 2 is 2.19 bits per heavy atom. The van der Waals surface area contributed by atoms with Crippen molar-refractivity contribution < 1.29 is 18.0 Å². The van der Waals surface area contributed by atoms with Crippen LogP contribution in [0.2, 0.25) is 5.02 Å². The van der Waals surface area contributed by atoms with E-state index in [9.17, 15) is 18.0 Å². The van der Waals surface area contributed by atoms with Crippen LogP contribution in [0.15, 0.2) is 23.1 Å². The third-order valence-electron chi connectivity index (χ3n) is 2.96. The number of alkyl halides is 3. The summed E-state index contributed by atoms with van der Waals surface area (Å²) in [6, 6.07) is 5.25. The maximum Gasteiger partial charge on any atom is 0.401 e. The van der Waals surface area contributed by atoms with E-state index in [1.165, 1.54) is 0 Å². The molecular formula is C13H14ClF3N2OS. The predicted molar refractivity (Wildman–Crippen MR) is 76.6 cm³/mol. The molecule has 0 saturated heterocycles. The summed E-state index contributed by atoms with van der Waals surface area (Å²) in [5.41, 5.74) is 0.919. The molecule has 0 fully saturated rings. The lowest BCUT2D eigenvalue weighted by Gasteiger charge is -2.26. The van der Waals surface area contributed by atoms with Crippen LogP contribution in [-0.4, -0.2) is 30.9 Å². The van der Waals surface area contributed by atoms with Crippen molar-refractivity contribution in [1.82, 2.24) is 10.6 Å². The second-order valence-electron chi connectivity index (χ2n) is 4.66. The van der Waals surface area contributed by atoms with Crippen LogP contribution in [0.5, 0.6) is 0 Å². The number of benzene rings is 1. The summed E-state index contributed by atoms with van der Waals surface area (Å²) in [5.74, 6) is 0.386. The molecule has 1 aromatic carbocycles. The topological polar surface area (TPSA) is 41.1 Å². The van der Waals surface area contributed by atoms with Gasteiger partial charge in [0.1, 0.15) is 0 Å². The minimum Gasteiger partial charge on any atom is -0.348 e. The Morgan fingerprint density at radius 3 is 2.90 bits per heavy atom. The molecule has 8 heteroatoms. The highest BCUT2D eigenvalue weighted by molar-refractivity contribution is 7.99. The lowest BCUT2D eigenvalue weighted by atomic mass is 10.0. The molecule has 2 N–H and O–H groups in total. The van der Waals surface area contributed by atoms with Gasteiger partial charge in [-0.1, -0.05) is 11.6 Å². The first-order valence-electron chi connectivity index (χ1n) is 6.34. The lowest BCUT2D eigenvalue weighted by Crippen LogP contribution is -2.40. The SMILES string of the molecule is O=C(CNCC(F)(F)F)NC1CCSc2ccc(Cl)cc21. The summed E-state index contributed by atoms with van der Waals surface area (Å²) >= 11 is 7.63. The average Bonchev–Trinajstić information content (AvgIpc) is 2.38. The van der Waals surface area contributed by atoms with Crippen molar-refractivity contribution in [2.24, 2.45) is 0 Å². The Balaban J connectivity index is 1.92. The zero-order valence-corrected chi connectivity index (χ0v) is 12.5. The molecule has 1 unspecified atom stereocenters. The molecule has 3 nitrogen and oxygen atoms in total. The highest BCUT2D eigenvalue weighted by atomic mass is 35.5. The quantitative estimate of drug-likeness (QED) is 0.886. The number of carbonyl (C=O) groups excluding carboxylic acids is 1. The van der Waals surface area contributed by atoms with Gasteiger partial charge in [0.2, 0.25) is 5.91 Å². The first-order chi connectivity index (χ1) is 9.85. The fourth-order valence-corrected chi connectivity index (χ4v) is 3.36. The van der Waals surface area contributed by atoms with Gasteiger partial charge in [-0.25, -0.2) is 0 Å². The molecule has 21 heavy (non-hydrogen) atoms. The molecule has 0 aliphatic carbocycles. The molecule has 0 spiro atoms. The van der Waals surface area contributed by atoms with Gasteiger partial charge in [0.05, 0.1) is 19.1 Å². The molecule has 1 heterocycles. The van der Waals surface area contributed by atoms with Crippen molar-refractivity contribution in [3.63, 3.8) is 0 Å². The van der Waals surface area contributed by atoms with Crippen molar-refractivity contribution in [2.45, 2.75) is 23.5 Å². The molecule has 0 aromatic heterocycles. The molecule has 0 bridgehead atoms. The van der Waals surface area contributed by atoms with Gasteiger partial charge >= 0.3 is 6.18 Å². The van der Waals surface area contributed by atoms with Gasteiger partial charge in [-0.3, -0.25) is 4.79 Å². The lowest BCUT2D eigenvalue weighted by molar-refractivity contribution is -0.128. The third-order valence-corrected chi connectivity index (χ3v) is 4.32. The normalized spacial score (nSPS) is 18.2. The molecule has 1 amide bonds. The summed E-state index contributed by atoms with van der Waals surface area (Å²) in [4.78, 5) is 12.8. The number of amides is 1. The van der Waals surface area contributed by atoms with Crippen LogP contribution in [-0.2, 0) is 4.79 Å². The minimum atomic E-state index is -4.32.